The molecule has 2 aromatic rings. The number of hydrogen-bond donors (Lipinski definition) is 1. The van der Waals surface area contributed by atoms with E-state index in [2.05, 4.69) is 29.6 Å². The quantitative estimate of drug-likeness (QED) is 0.814. The van der Waals surface area contributed by atoms with E-state index >= 15 is 0 Å². The molecule has 142 valence electrons. The molecule has 2 aromatic carbocycles. The van der Waals surface area contributed by atoms with Crippen molar-refractivity contribution in [1.29, 1.82) is 0 Å². The zero-order valence-electron chi connectivity index (χ0n) is 15.8. The molecule has 0 aromatic heterocycles. The third kappa shape index (κ3) is 5.68. The number of rotatable bonds is 7. The minimum Gasteiger partial charge on any atom is -0.355 e. The Kier molecular flexibility index (Phi) is 7.03. The summed E-state index contributed by atoms with van der Waals surface area (Å²) in [6.45, 7) is 1.86. The highest BCUT2D eigenvalue weighted by atomic mass is 16.2. The molecule has 4 nitrogen and oxygen atoms in total. The van der Waals surface area contributed by atoms with Crippen molar-refractivity contribution >= 4 is 11.8 Å². The number of nitrogens with zero attached hydrogens (tertiary/aromatic N) is 1. The van der Waals surface area contributed by atoms with Gasteiger partial charge in [-0.2, -0.15) is 0 Å². The van der Waals surface area contributed by atoms with Gasteiger partial charge in [0.05, 0.1) is 0 Å². The van der Waals surface area contributed by atoms with Gasteiger partial charge in [-0.1, -0.05) is 67.1 Å². The van der Waals surface area contributed by atoms with Crippen LogP contribution < -0.4 is 5.32 Å². The average Bonchev–Trinajstić information content (AvgIpc) is 2.92. The van der Waals surface area contributed by atoms with Gasteiger partial charge in [0.2, 0.25) is 11.8 Å². The Morgan fingerprint density at radius 3 is 2.19 bits per heavy atom. The Bertz CT molecular complexity index is 691. The molecule has 0 spiro atoms. The zero-order valence-corrected chi connectivity index (χ0v) is 15.8. The van der Waals surface area contributed by atoms with Gasteiger partial charge in [-0.25, -0.2) is 0 Å². The number of amides is 2. The SMILES string of the molecule is O=C(CCN1CCCCCC1=O)NCC(c1ccccc1)c1ccccc1. The van der Waals surface area contributed by atoms with Crippen LogP contribution in [0.1, 0.15) is 49.1 Å². The number of carbonyl (C=O) groups excluding carboxylic acids is 2. The number of nitrogens with one attached hydrogen (secondary N) is 1. The van der Waals surface area contributed by atoms with Crippen LogP contribution in [0.3, 0.4) is 0 Å². The molecule has 3 rings (SSSR count). The molecule has 1 aliphatic heterocycles. The Morgan fingerprint density at radius 2 is 1.56 bits per heavy atom. The third-order valence-corrected chi connectivity index (χ3v) is 5.19. The highest BCUT2D eigenvalue weighted by Gasteiger charge is 2.18. The number of benzene rings is 2. The first-order valence-corrected chi connectivity index (χ1v) is 9.88. The van der Waals surface area contributed by atoms with E-state index in [4.69, 9.17) is 0 Å². The lowest BCUT2D eigenvalue weighted by Crippen LogP contribution is -2.36. The molecule has 0 aliphatic carbocycles. The van der Waals surface area contributed by atoms with Gasteiger partial charge in [-0.05, 0) is 24.0 Å². The van der Waals surface area contributed by atoms with Crippen molar-refractivity contribution in [1.82, 2.24) is 10.2 Å². The largest absolute Gasteiger partial charge is 0.355 e. The molecule has 1 heterocycles. The summed E-state index contributed by atoms with van der Waals surface area (Å²) in [6.07, 6.45) is 4.09. The first-order valence-electron chi connectivity index (χ1n) is 9.88. The van der Waals surface area contributed by atoms with Crippen molar-refractivity contribution in [2.75, 3.05) is 19.6 Å². The number of carbonyl (C=O) groups is 2. The summed E-state index contributed by atoms with van der Waals surface area (Å²) in [5, 5.41) is 3.07. The Balaban J connectivity index is 1.57. The van der Waals surface area contributed by atoms with Gasteiger partial charge in [-0.3, -0.25) is 9.59 Å². The van der Waals surface area contributed by atoms with Gasteiger partial charge < -0.3 is 10.2 Å². The summed E-state index contributed by atoms with van der Waals surface area (Å²) in [5.74, 6) is 0.312. The number of hydrogen-bond acceptors (Lipinski definition) is 2. The predicted molar refractivity (Wildman–Crippen MR) is 107 cm³/mol. The summed E-state index contributed by atoms with van der Waals surface area (Å²) < 4.78 is 0. The summed E-state index contributed by atoms with van der Waals surface area (Å²) in [7, 11) is 0. The van der Waals surface area contributed by atoms with Gasteiger partial charge in [0, 0.05) is 38.4 Å². The molecule has 1 fully saturated rings. The van der Waals surface area contributed by atoms with E-state index < -0.39 is 0 Å². The van der Waals surface area contributed by atoms with Crippen LogP contribution in [0.2, 0.25) is 0 Å². The molecule has 0 saturated carbocycles. The maximum Gasteiger partial charge on any atom is 0.222 e. The van der Waals surface area contributed by atoms with Gasteiger partial charge in [0.1, 0.15) is 0 Å². The van der Waals surface area contributed by atoms with Crippen molar-refractivity contribution < 1.29 is 9.59 Å². The topological polar surface area (TPSA) is 49.4 Å². The maximum atomic E-state index is 12.4. The maximum absolute atomic E-state index is 12.4. The molecule has 2 amide bonds. The van der Waals surface area contributed by atoms with Crippen LogP contribution in [0.5, 0.6) is 0 Å². The third-order valence-electron chi connectivity index (χ3n) is 5.19. The van der Waals surface area contributed by atoms with E-state index in [1.165, 1.54) is 11.1 Å². The van der Waals surface area contributed by atoms with Crippen LogP contribution in [-0.2, 0) is 9.59 Å². The number of likely N-dealkylation sites (tertiary alicyclic amines) is 1. The predicted octanol–water partition coefficient (Wildman–Crippen LogP) is 3.73. The molecule has 1 aliphatic rings. The van der Waals surface area contributed by atoms with E-state index in [1.54, 1.807) is 0 Å². The van der Waals surface area contributed by atoms with E-state index in [9.17, 15) is 9.59 Å². The monoisotopic (exact) mass is 364 g/mol. The summed E-state index contributed by atoms with van der Waals surface area (Å²) in [6, 6.07) is 20.5. The fraction of sp³-hybridized carbons (Fsp3) is 0.391. The van der Waals surface area contributed by atoms with E-state index in [1.807, 2.05) is 41.3 Å². The van der Waals surface area contributed by atoms with Crippen molar-refractivity contribution in [3.05, 3.63) is 71.8 Å². The Morgan fingerprint density at radius 1 is 0.926 bits per heavy atom. The second-order valence-corrected chi connectivity index (χ2v) is 7.12. The van der Waals surface area contributed by atoms with Crippen LogP contribution in [0.4, 0.5) is 0 Å². The van der Waals surface area contributed by atoms with Crippen molar-refractivity contribution in [3.63, 3.8) is 0 Å². The smallest absolute Gasteiger partial charge is 0.222 e. The molecule has 0 unspecified atom stereocenters. The standard InChI is InChI=1S/C23H28N2O2/c26-22(15-17-25-16-9-3-8-14-23(25)27)24-18-21(19-10-4-1-5-11-19)20-12-6-2-7-13-20/h1-2,4-7,10-13,21H,3,8-9,14-18H2,(H,24,26). The minimum absolute atomic E-state index is 0.00362. The first-order chi connectivity index (χ1) is 13.2. The fourth-order valence-corrected chi connectivity index (χ4v) is 3.61. The van der Waals surface area contributed by atoms with Gasteiger partial charge in [0.25, 0.3) is 0 Å². The zero-order chi connectivity index (χ0) is 18.9. The summed E-state index contributed by atoms with van der Waals surface area (Å²) >= 11 is 0. The van der Waals surface area contributed by atoms with Gasteiger partial charge >= 0.3 is 0 Å². The second kappa shape index (κ2) is 9.91. The van der Waals surface area contributed by atoms with Crippen molar-refractivity contribution in [3.8, 4) is 0 Å². The van der Waals surface area contributed by atoms with Crippen molar-refractivity contribution in [2.24, 2.45) is 0 Å². The van der Waals surface area contributed by atoms with Crippen molar-refractivity contribution in [2.45, 2.75) is 38.0 Å². The van der Waals surface area contributed by atoms with E-state index in [0.717, 1.165) is 25.8 Å². The molecule has 0 radical (unpaired) electrons. The van der Waals surface area contributed by atoms with Gasteiger partial charge in [-0.15, -0.1) is 0 Å². The lowest BCUT2D eigenvalue weighted by Gasteiger charge is -2.21. The Hall–Kier alpha value is -2.62. The molecular weight excluding hydrogens is 336 g/mol. The van der Waals surface area contributed by atoms with Crippen LogP contribution >= 0.6 is 0 Å². The summed E-state index contributed by atoms with van der Waals surface area (Å²) in [5.41, 5.74) is 2.37. The first kappa shape index (κ1) is 19.2. The van der Waals surface area contributed by atoms with Crippen LogP contribution in [0.15, 0.2) is 60.7 Å². The molecule has 4 heteroatoms. The van der Waals surface area contributed by atoms with Crippen LogP contribution in [0.25, 0.3) is 0 Å². The molecule has 27 heavy (non-hydrogen) atoms. The van der Waals surface area contributed by atoms with E-state index in [-0.39, 0.29) is 17.7 Å². The lowest BCUT2D eigenvalue weighted by molar-refractivity contribution is -0.131. The second-order valence-electron chi connectivity index (χ2n) is 7.12. The molecular formula is C23H28N2O2. The Labute approximate surface area is 161 Å². The van der Waals surface area contributed by atoms with Crippen LogP contribution in [0, 0.1) is 0 Å². The molecule has 1 N–H and O–H groups in total. The van der Waals surface area contributed by atoms with Gasteiger partial charge in [0.15, 0.2) is 0 Å². The highest BCUT2D eigenvalue weighted by molar-refractivity contribution is 5.79. The highest BCUT2D eigenvalue weighted by Crippen LogP contribution is 2.23. The lowest BCUT2D eigenvalue weighted by atomic mass is 9.91. The fourth-order valence-electron chi connectivity index (χ4n) is 3.61. The molecule has 1 saturated heterocycles. The van der Waals surface area contributed by atoms with Crippen LogP contribution in [-0.4, -0.2) is 36.3 Å². The van der Waals surface area contributed by atoms with E-state index in [0.29, 0.717) is 25.9 Å². The molecule has 0 atom stereocenters. The minimum atomic E-state index is 0.00362. The summed E-state index contributed by atoms with van der Waals surface area (Å²) in [4.78, 5) is 26.3. The average molecular weight is 364 g/mol. The normalized spacial score (nSPS) is 14.9. The molecule has 0 bridgehead atoms.